The summed E-state index contributed by atoms with van der Waals surface area (Å²) in [6.07, 6.45) is 4.49. The van der Waals surface area contributed by atoms with Crippen LogP contribution in [0.1, 0.15) is 25.8 Å². The first kappa shape index (κ1) is 14.8. The number of amides is 1. The zero-order valence-electron chi connectivity index (χ0n) is 11.9. The van der Waals surface area contributed by atoms with Gasteiger partial charge < -0.3 is 4.74 Å². The summed E-state index contributed by atoms with van der Waals surface area (Å²) in [7, 11) is 0. The molecule has 1 aromatic rings. The Morgan fingerprint density at radius 2 is 2.10 bits per heavy atom. The van der Waals surface area contributed by atoms with E-state index in [-0.39, 0.29) is 30.6 Å². The van der Waals surface area contributed by atoms with Gasteiger partial charge in [0.25, 0.3) is 5.91 Å². The normalized spacial score (nSPS) is 21.4. The van der Waals surface area contributed by atoms with Gasteiger partial charge in [-0.2, -0.15) is 0 Å². The van der Waals surface area contributed by atoms with Crippen molar-refractivity contribution in [1.82, 2.24) is 5.06 Å². The maximum atomic E-state index is 12.1. The van der Waals surface area contributed by atoms with E-state index < -0.39 is 0 Å². The van der Waals surface area contributed by atoms with Crippen LogP contribution in [-0.4, -0.2) is 34.4 Å². The molecule has 108 valence electrons. The number of hydrogen-bond donors (Lipinski definition) is 1. The van der Waals surface area contributed by atoms with E-state index in [1.807, 2.05) is 56.3 Å². The van der Waals surface area contributed by atoms with Crippen molar-refractivity contribution in [3.63, 3.8) is 0 Å². The second-order valence-corrected chi connectivity index (χ2v) is 5.28. The van der Waals surface area contributed by atoms with Crippen LogP contribution in [0.4, 0.5) is 0 Å². The lowest BCUT2D eigenvalue weighted by molar-refractivity contribution is -0.185. The van der Waals surface area contributed by atoms with Gasteiger partial charge >= 0.3 is 0 Å². The van der Waals surface area contributed by atoms with E-state index in [0.29, 0.717) is 6.42 Å². The monoisotopic (exact) mass is 275 g/mol. The van der Waals surface area contributed by atoms with Crippen LogP contribution in [0.3, 0.4) is 0 Å². The molecule has 2 rings (SSSR count). The lowest BCUT2D eigenvalue weighted by Gasteiger charge is -2.28. The minimum atomic E-state index is -0.325. The van der Waals surface area contributed by atoms with Crippen molar-refractivity contribution >= 4 is 5.91 Å². The first-order valence-electron chi connectivity index (χ1n) is 6.95. The van der Waals surface area contributed by atoms with Crippen molar-refractivity contribution in [2.24, 2.45) is 0 Å². The SMILES string of the molecule is CC(C)O[C@@H]1C=CC[C@H]1N(O)C(=O)Cc1ccccc1. The number of ether oxygens (including phenoxy) is 1. The quantitative estimate of drug-likeness (QED) is 0.510. The molecule has 0 heterocycles. The van der Waals surface area contributed by atoms with E-state index in [1.54, 1.807) is 0 Å². The Bertz CT molecular complexity index is 470. The van der Waals surface area contributed by atoms with Gasteiger partial charge in [-0.25, -0.2) is 5.06 Å². The molecule has 1 aliphatic carbocycles. The van der Waals surface area contributed by atoms with Crippen LogP contribution in [0, 0.1) is 0 Å². The average molecular weight is 275 g/mol. The molecule has 20 heavy (non-hydrogen) atoms. The number of nitrogens with zero attached hydrogens (tertiary/aromatic N) is 1. The molecule has 1 aromatic carbocycles. The largest absolute Gasteiger partial charge is 0.369 e. The average Bonchev–Trinajstić information content (AvgIpc) is 2.86. The second kappa shape index (κ2) is 6.68. The number of carbonyl (C=O) groups excluding carboxylic acids is 1. The lowest BCUT2D eigenvalue weighted by atomic mass is 10.1. The fraction of sp³-hybridized carbons (Fsp3) is 0.438. The van der Waals surface area contributed by atoms with Crippen LogP contribution in [0.5, 0.6) is 0 Å². The number of hydroxylamine groups is 2. The van der Waals surface area contributed by atoms with Crippen LogP contribution in [0.2, 0.25) is 0 Å². The fourth-order valence-corrected chi connectivity index (χ4v) is 2.34. The summed E-state index contributed by atoms with van der Waals surface area (Å²) in [4.78, 5) is 12.1. The van der Waals surface area contributed by atoms with Crippen LogP contribution in [0.25, 0.3) is 0 Å². The third-order valence-electron chi connectivity index (χ3n) is 3.28. The van der Waals surface area contributed by atoms with Gasteiger partial charge in [0, 0.05) is 0 Å². The number of carbonyl (C=O) groups is 1. The summed E-state index contributed by atoms with van der Waals surface area (Å²) in [6, 6.07) is 9.09. The fourth-order valence-electron chi connectivity index (χ4n) is 2.34. The molecule has 1 amide bonds. The van der Waals surface area contributed by atoms with Crippen LogP contribution >= 0.6 is 0 Å². The predicted octanol–water partition coefficient (Wildman–Crippen LogP) is 2.57. The molecule has 0 bridgehead atoms. The zero-order valence-corrected chi connectivity index (χ0v) is 11.9. The Morgan fingerprint density at radius 1 is 1.40 bits per heavy atom. The first-order chi connectivity index (χ1) is 9.58. The van der Waals surface area contributed by atoms with Gasteiger partial charge in [0.05, 0.1) is 24.7 Å². The Morgan fingerprint density at radius 3 is 2.75 bits per heavy atom. The Kier molecular flexibility index (Phi) is 4.93. The molecule has 0 unspecified atom stereocenters. The zero-order chi connectivity index (χ0) is 14.5. The molecule has 1 aliphatic rings. The third-order valence-corrected chi connectivity index (χ3v) is 3.28. The van der Waals surface area contributed by atoms with Gasteiger partial charge in [0.2, 0.25) is 0 Å². The van der Waals surface area contributed by atoms with E-state index in [0.717, 1.165) is 10.6 Å². The maximum absolute atomic E-state index is 12.1. The highest BCUT2D eigenvalue weighted by atomic mass is 16.5. The molecule has 0 aromatic heterocycles. The Hall–Kier alpha value is -1.65. The summed E-state index contributed by atoms with van der Waals surface area (Å²) in [6.45, 7) is 3.88. The summed E-state index contributed by atoms with van der Waals surface area (Å²) >= 11 is 0. The van der Waals surface area contributed by atoms with Crippen molar-refractivity contribution in [2.45, 2.75) is 44.9 Å². The molecule has 0 saturated carbocycles. The van der Waals surface area contributed by atoms with Gasteiger partial charge in [0.1, 0.15) is 0 Å². The number of rotatable bonds is 5. The smallest absolute Gasteiger partial charge is 0.250 e. The molecule has 4 heteroatoms. The van der Waals surface area contributed by atoms with E-state index in [4.69, 9.17) is 4.74 Å². The molecular weight excluding hydrogens is 254 g/mol. The first-order valence-corrected chi connectivity index (χ1v) is 6.95. The molecule has 0 aliphatic heterocycles. The van der Waals surface area contributed by atoms with Gasteiger partial charge in [-0.05, 0) is 25.8 Å². The summed E-state index contributed by atoms with van der Waals surface area (Å²) < 4.78 is 5.70. The lowest BCUT2D eigenvalue weighted by Crippen LogP contribution is -2.44. The number of benzene rings is 1. The van der Waals surface area contributed by atoms with Gasteiger partial charge in [-0.1, -0.05) is 42.5 Å². The standard InChI is InChI=1S/C16H21NO3/c1-12(2)20-15-10-6-9-14(15)17(19)16(18)11-13-7-4-3-5-8-13/h3-8,10,12,14-15,19H,9,11H2,1-2H3/t14-,15-/m1/s1. The van der Waals surface area contributed by atoms with E-state index in [1.165, 1.54) is 0 Å². The highest BCUT2D eigenvalue weighted by Crippen LogP contribution is 2.21. The Labute approximate surface area is 119 Å². The van der Waals surface area contributed by atoms with Crippen molar-refractivity contribution in [2.75, 3.05) is 0 Å². The Balaban J connectivity index is 1.96. The van der Waals surface area contributed by atoms with Gasteiger partial charge in [-0.3, -0.25) is 10.0 Å². The molecular formula is C16H21NO3. The topological polar surface area (TPSA) is 49.8 Å². The van der Waals surface area contributed by atoms with Crippen molar-refractivity contribution in [3.8, 4) is 0 Å². The molecule has 0 spiro atoms. The van der Waals surface area contributed by atoms with Crippen molar-refractivity contribution < 1.29 is 14.7 Å². The minimum absolute atomic E-state index is 0.0582. The van der Waals surface area contributed by atoms with Crippen molar-refractivity contribution in [3.05, 3.63) is 48.0 Å². The van der Waals surface area contributed by atoms with Gasteiger partial charge in [0.15, 0.2) is 0 Å². The number of hydrogen-bond acceptors (Lipinski definition) is 3. The molecule has 2 atom stereocenters. The van der Waals surface area contributed by atoms with Crippen LogP contribution in [0.15, 0.2) is 42.5 Å². The minimum Gasteiger partial charge on any atom is -0.369 e. The molecule has 1 N–H and O–H groups in total. The predicted molar refractivity (Wildman–Crippen MR) is 76.3 cm³/mol. The van der Waals surface area contributed by atoms with E-state index >= 15 is 0 Å². The molecule has 0 fully saturated rings. The van der Waals surface area contributed by atoms with Crippen LogP contribution < -0.4 is 0 Å². The highest BCUT2D eigenvalue weighted by Gasteiger charge is 2.32. The van der Waals surface area contributed by atoms with Crippen LogP contribution in [-0.2, 0) is 16.0 Å². The molecule has 4 nitrogen and oxygen atoms in total. The third kappa shape index (κ3) is 3.68. The van der Waals surface area contributed by atoms with Crippen molar-refractivity contribution in [1.29, 1.82) is 0 Å². The summed E-state index contributed by atoms with van der Waals surface area (Å²) in [5.41, 5.74) is 0.892. The molecule has 0 saturated heterocycles. The second-order valence-electron chi connectivity index (χ2n) is 5.28. The molecule has 0 radical (unpaired) electrons. The van der Waals surface area contributed by atoms with E-state index in [9.17, 15) is 10.0 Å². The maximum Gasteiger partial charge on any atom is 0.250 e. The highest BCUT2D eigenvalue weighted by molar-refractivity contribution is 5.78. The van der Waals surface area contributed by atoms with Gasteiger partial charge in [-0.15, -0.1) is 0 Å². The summed E-state index contributed by atoms with van der Waals surface area (Å²) in [5.74, 6) is -0.303. The summed E-state index contributed by atoms with van der Waals surface area (Å²) in [5, 5.41) is 11.0. The van der Waals surface area contributed by atoms with E-state index in [2.05, 4.69) is 0 Å².